The fraction of sp³-hybridized carbons (Fsp3) is 0.316. The summed E-state index contributed by atoms with van der Waals surface area (Å²) in [7, 11) is 0. The van der Waals surface area contributed by atoms with E-state index in [1.807, 2.05) is 31.2 Å². The van der Waals surface area contributed by atoms with Crippen LogP contribution in [0.3, 0.4) is 0 Å². The molecule has 0 bridgehead atoms. The van der Waals surface area contributed by atoms with Crippen molar-refractivity contribution in [2.45, 2.75) is 19.4 Å². The predicted octanol–water partition coefficient (Wildman–Crippen LogP) is 2.23. The topological polar surface area (TPSA) is 88.0 Å². The molecule has 6 nitrogen and oxygen atoms in total. The smallest absolute Gasteiger partial charge is 0.223 e. The Morgan fingerprint density at radius 3 is 2.72 bits per heavy atom. The highest BCUT2D eigenvalue weighted by molar-refractivity contribution is 5.78. The van der Waals surface area contributed by atoms with Crippen LogP contribution in [0.25, 0.3) is 0 Å². The van der Waals surface area contributed by atoms with Gasteiger partial charge in [0.25, 0.3) is 0 Å². The number of hydrogen-bond donors (Lipinski definition) is 3. The third-order valence-electron chi connectivity index (χ3n) is 4.10. The number of hydrogen-bond acceptors (Lipinski definition) is 5. The molecule has 0 fully saturated rings. The molecule has 0 saturated carbocycles. The Labute approximate surface area is 146 Å². The fourth-order valence-electron chi connectivity index (χ4n) is 2.69. The van der Waals surface area contributed by atoms with Crippen LogP contribution in [0.15, 0.2) is 42.5 Å². The maximum absolute atomic E-state index is 12.3. The summed E-state index contributed by atoms with van der Waals surface area (Å²) >= 11 is 0. The lowest BCUT2D eigenvalue weighted by Crippen LogP contribution is -2.42. The van der Waals surface area contributed by atoms with Crippen molar-refractivity contribution in [3.05, 3.63) is 48.0 Å². The first-order valence-electron chi connectivity index (χ1n) is 8.20. The van der Waals surface area contributed by atoms with Crippen molar-refractivity contribution in [2.75, 3.05) is 13.2 Å². The van der Waals surface area contributed by atoms with Gasteiger partial charge in [-0.3, -0.25) is 4.79 Å². The minimum absolute atomic E-state index is 0.102. The molecule has 2 aromatic rings. The maximum atomic E-state index is 12.3. The van der Waals surface area contributed by atoms with Gasteiger partial charge in [0.15, 0.2) is 23.0 Å². The van der Waals surface area contributed by atoms with Crippen molar-refractivity contribution in [1.29, 1.82) is 0 Å². The van der Waals surface area contributed by atoms with Crippen molar-refractivity contribution in [3.63, 3.8) is 0 Å². The number of phenolic OH excluding ortho intramolecular Hbond substituents is 2. The summed E-state index contributed by atoms with van der Waals surface area (Å²) in [4.78, 5) is 12.3. The van der Waals surface area contributed by atoms with Gasteiger partial charge in [0.1, 0.15) is 12.7 Å². The lowest BCUT2D eigenvalue weighted by molar-refractivity contribution is -0.125. The van der Waals surface area contributed by atoms with E-state index in [-0.39, 0.29) is 29.4 Å². The van der Waals surface area contributed by atoms with Gasteiger partial charge in [0.2, 0.25) is 5.91 Å². The highest BCUT2D eigenvalue weighted by atomic mass is 16.6. The average Bonchev–Trinajstić information content (AvgIpc) is 2.62. The minimum Gasteiger partial charge on any atom is -0.504 e. The van der Waals surface area contributed by atoms with E-state index >= 15 is 0 Å². The molecule has 3 rings (SSSR count). The Morgan fingerprint density at radius 2 is 1.96 bits per heavy atom. The van der Waals surface area contributed by atoms with Crippen LogP contribution < -0.4 is 14.8 Å². The van der Waals surface area contributed by atoms with Crippen LogP contribution in [-0.2, 0) is 11.2 Å². The molecule has 1 aliphatic rings. The van der Waals surface area contributed by atoms with Gasteiger partial charge in [0.05, 0.1) is 6.54 Å². The first-order valence-corrected chi connectivity index (χ1v) is 8.20. The Hall–Kier alpha value is -2.89. The SMILES string of the molecule is CC(Cc1ccc(O)c(O)c1)C(=O)NCC1COc2ccccc2O1. The second-order valence-corrected chi connectivity index (χ2v) is 6.17. The lowest BCUT2D eigenvalue weighted by atomic mass is 10.00. The number of ether oxygens (including phenoxy) is 2. The largest absolute Gasteiger partial charge is 0.504 e. The zero-order valence-corrected chi connectivity index (χ0v) is 13.9. The molecule has 2 unspecified atom stereocenters. The van der Waals surface area contributed by atoms with Gasteiger partial charge in [-0.25, -0.2) is 0 Å². The number of carbonyl (C=O) groups is 1. The Kier molecular flexibility index (Phi) is 4.97. The molecule has 3 N–H and O–H groups in total. The molecule has 1 amide bonds. The van der Waals surface area contributed by atoms with E-state index in [1.165, 1.54) is 12.1 Å². The normalized spacial score (nSPS) is 16.9. The summed E-state index contributed by atoms with van der Waals surface area (Å²) in [5.74, 6) is 0.661. The summed E-state index contributed by atoms with van der Waals surface area (Å²) in [6, 6.07) is 12.0. The maximum Gasteiger partial charge on any atom is 0.223 e. The molecule has 132 valence electrons. The van der Waals surface area contributed by atoms with E-state index in [2.05, 4.69) is 5.32 Å². The quantitative estimate of drug-likeness (QED) is 0.725. The van der Waals surface area contributed by atoms with Crippen molar-refractivity contribution < 1.29 is 24.5 Å². The summed E-state index contributed by atoms with van der Waals surface area (Å²) in [5, 5.41) is 21.7. The van der Waals surface area contributed by atoms with Gasteiger partial charge in [-0.05, 0) is 36.2 Å². The van der Waals surface area contributed by atoms with Gasteiger partial charge in [-0.1, -0.05) is 25.1 Å². The number of phenols is 2. The summed E-state index contributed by atoms with van der Waals surface area (Å²) in [6.45, 7) is 2.56. The second-order valence-electron chi connectivity index (χ2n) is 6.17. The Bertz CT molecular complexity index is 761. The summed E-state index contributed by atoms with van der Waals surface area (Å²) in [6.07, 6.45) is 0.230. The van der Waals surface area contributed by atoms with Crippen molar-refractivity contribution in [2.24, 2.45) is 5.92 Å². The standard InChI is InChI=1S/C19H21NO5/c1-12(8-13-6-7-15(21)16(22)9-13)19(23)20-10-14-11-24-17-4-2-3-5-18(17)25-14/h2-7,9,12,14,21-22H,8,10-11H2,1H3,(H,20,23). The van der Waals surface area contributed by atoms with Crippen LogP contribution in [0, 0.1) is 5.92 Å². The molecule has 1 aliphatic heterocycles. The first kappa shape index (κ1) is 17.0. The second kappa shape index (κ2) is 7.34. The third-order valence-corrected chi connectivity index (χ3v) is 4.10. The highest BCUT2D eigenvalue weighted by Gasteiger charge is 2.22. The van der Waals surface area contributed by atoms with Crippen LogP contribution in [0.1, 0.15) is 12.5 Å². The van der Waals surface area contributed by atoms with Crippen molar-refractivity contribution in [1.82, 2.24) is 5.32 Å². The average molecular weight is 343 g/mol. The number of benzene rings is 2. The molecule has 0 aliphatic carbocycles. The Morgan fingerprint density at radius 1 is 1.20 bits per heavy atom. The molecule has 0 aromatic heterocycles. The van der Waals surface area contributed by atoms with E-state index in [9.17, 15) is 15.0 Å². The third kappa shape index (κ3) is 4.15. The van der Waals surface area contributed by atoms with E-state index in [1.54, 1.807) is 6.07 Å². The molecule has 0 saturated heterocycles. The molecule has 0 radical (unpaired) electrons. The van der Waals surface area contributed by atoms with Crippen LogP contribution in [-0.4, -0.2) is 35.4 Å². The van der Waals surface area contributed by atoms with Gasteiger partial charge in [-0.2, -0.15) is 0 Å². The minimum atomic E-state index is -0.277. The number of aromatic hydroxyl groups is 2. The van der Waals surface area contributed by atoms with Crippen LogP contribution >= 0.6 is 0 Å². The molecule has 1 heterocycles. The molecular weight excluding hydrogens is 322 g/mol. The molecule has 2 atom stereocenters. The molecule has 6 heteroatoms. The number of carbonyl (C=O) groups excluding carboxylic acids is 1. The van der Waals surface area contributed by atoms with Crippen LogP contribution in [0.4, 0.5) is 0 Å². The molecule has 2 aromatic carbocycles. The molecular formula is C19H21NO5. The van der Waals surface area contributed by atoms with Crippen molar-refractivity contribution in [3.8, 4) is 23.0 Å². The zero-order valence-electron chi connectivity index (χ0n) is 13.9. The predicted molar refractivity (Wildman–Crippen MR) is 92.0 cm³/mol. The first-order chi connectivity index (χ1) is 12.0. The van der Waals surface area contributed by atoms with E-state index in [0.717, 1.165) is 5.56 Å². The van der Waals surface area contributed by atoms with Gasteiger partial charge >= 0.3 is 0 Å². The number of fused-ring (bicyclic) bond motifs is 1. The van der Waals surface area contributed by atoms with Gasteiger partial charge < -0.3 is 25.0 Å². The highest BCUT2D eigenvalue weighted by Crippen LogP contribution is 2.30. The van der Waals surface area contributed by atoms with E-state index in [0.29, 0.717) is 31.1 Å². The summed E-state index contributed by atoms with van der Waals surface area (Å²) < 4.78 is 11.4. The monoisotopic (exact) mass is 343 g/mol. The fourth-order valence-corrected chi connectivity index (χ4v) is 2.69. The van der Waals surface area contributed by atoms with Crippen molar-refractivity contribution >= 4 is 5.91 Å². The molecule has 0 spiro atoms. The Balaban J connectivity index is 1.50. The lowest BCUT2D eigenvalue weighted by Gasteiger charge is -2.27. The number of nitrogens with one attached hydrogen (secondary N) is 1. The number of para-hydroxylation sites is 2. The van der Waals surface area contributed by atoms with Crippen LogP contribution in [0.2, 0.25) is 0 Å². The number of amides is 1. The molecule has 25 heavy (non-hydrogen) atoms. The van der Waals surface area contributed by atoms with Gasteiger partial charge in [-0.15, -0.1) is 0 Å². The van der Waals surface area contributed by atoms with E-state index in [4.69, 9.17) is 9.47 Å². The van der Waals surface area contributed by atoms with Crippen LogP contribution in [0.5, 0.6) is 23.0 Å². The van der Waals surface area contributed by atoms with E-state index < -0.39 is 0 Å². The summed E-state index contributed by atoms with van der Waals surface area (Å²) in [5.41, 5.74) is 0.782. The number of rotatable bonds is 5. The zero-order chi connectivity index (χ0) is 17.8. The van der Waals surface area contributed by atoms with Gasteiger partial charge in [0, 0.05) is 5.92 Å².